The Morgan fingerprint density at radius 1 is 1.08 bits per heavy atom. The monoisotopic (exact) mass is 513 g/mol. The van der Waals surface area contributed by atoms with Crippen molar-refractivity contribution in [3.05, 3.63) is 60.2 Å². The van der Waals surface area contributed by atoms with Gasteiger partial charge in [0.1, 0.15) is 5.75 Å². The van der Waals surface area contributed by atoms with Gasteiger partial charge in [0.15, 0.2) is 0 Å². The Morgan fingerprint density at radius 2 is 1.72 bits per heavy atom. The summed E-state index contributed by atoms with van der Waals surface area (Å²) in [7, 11) is -3.70. The number of ether oxygens (including phenoxy) is 1. The van der Waals surface area contributed by atoms with E-state index in [1.54, 1.807) is 0 Å². The van der Waals surface area contributed by atoms with Crippen molar-refractivity contribution < 1.29 is 23.1 Å². The molecule has 1 atom stereocenters. The number of sulfonamides is 1. The highest BCUT2D eigenvalue weighted by Gasteiger charge is 2.37. The van der Waals surface area contributed by atoms with Crippen LogP contribution in [-0.4, -0.2) is 68.5 Å². The van der Waals surface area contributed by atoms with Gasteiger partial charge >= 0.3 is 6.09 Å². The van der Waals surface area contributed by atoms with E-state index >= 15 is 0 Å². The third-order valence-corrected chi connectivity index (χ3v) is 8.22. The summed E-state index contributed by atoms with van der Waals surface area (Å²) in [5.41, 5.74) is 1.17. The van der Waals surface area contributed by atoms with Crippen molar-refractivity contribution in [1.29, 1.82) is 0 Å². The molecule has 2 aromatic rings. The van der Waals surface area contributed by atoms with Crippen LogP contribution in [-0.2, 0) is 10.0 Å². The van der Waals surface area contributed by atoms with Gasteiger partial charge in [-0.1, -0.05) is 43.9 Å². The van der Waals surface area contributed by atoms with Gasteiger partial charge in [-0.25, -0.2) is 13.2 Å². The number of hydrogen-bond acceptors (Lipinski definition) is 5. The first kappa shape index (κ1) is 27.4. The summed E-state index contributed by atoms with van der Waals surface area (Å²) in [4.78, 5) is 13.6. The standard InChI is InChI=1S/C27H35N3O5S/c1-4-35-24-14-12-23(13-15-24)29-17-19-30(20-18-29)36(33,34)21-25(28-26(31)32)27(2,3)16-8-11-22-9-6-5-7-10-22/h5-7,9-10,12-15,25,28H,4,16-21H2,1-3H3,(H,31,32). The van der Waals surface area contributed by atoms with Crippen LogP contribution in [0.15, 0.2) is 54.6 Å². The molecule has 0 aliphatic carbocycles. The van der Waals surface area contributed by atoms with Crippen LogP contribution >= 0.6 is 0 Å². The quantitative estimate of drug-likeness (QED) is 0.497. The van der Waals surface area contributed by atoms with E-state index in [0.717, 1.165) is 17.0 Å². The highest BCUT2D eigenvalue weighted by atomic mass is 32.2. The zero-order valence-electron chi connectivity index (χ0n) is 21.1. The molecule has 1 amide bonds. The van der Waals surface area contributed by atoms with E-state index in [4.69, 9.17) is 4.74 Å². The van der Waals surface area contributed by atoms with Crippen molar-refractivity contribution in [1.82, 2.24) is 9.62 Å². The lowest BCUT2D eigenvalue weighted by Gasteiger charge is -2.38. The third kappa shape index (κ3) is 7.64. The second-order valence-electron chi connectivity index (χ2n) is 9.43. The summed E-state index contributed by atoms with van der Waals surface area (Å²) >= 11 is 0. The summed E-state index contributed by atoms with van der Waals surface area (Å²) in [5, 5.41) is 11.8. The molecule has 1 aliphatic heterocycles. The fourth-order valence-corrected chi connectivity index (χ4v) is 5.98. The second kappa shape index (κ2) is 12.2. The topological polar surface area (TPSA) is 99.2 Å². The van der Waals surface area contributed by atoms with Crippen molar-refractivity contribution in [3.63, 3.8) is 0 Å². The number of hydrogen-bond donors (Lipinski definition) is 2. The second-order valence-corrected chi connectivity index (χ2v) is 11.4. The first-order valence-corrected chi connectivity index (χ1v) is 13.7. The fraction of sp³-hybridized carbons (Fsp3) is 0.444. The Kier molecular flexibility index (Phi) is 9.24. The zero-order chi connectivity index (χ0) is 26.2. The molecule has 2 aromatic carbocycles. The molecule has 0 bridgehead atoms. The molecule has 194 valence electrons. The predicted octanol–water partition coefficient (Wildman–Crippen LogP) is 3.64. The van der Waals surface area contributed by atoms with Crippen molar-refractivity contribution in [2.45, 2.75) is 33.2 Å². The molecule has 2 N–H and O–H groups in total. The lowest BCUT2D eigenvalue weighted by atomic mass is 9.82. The van der Waals surface area contributed by atoms with Gasteiger partial charge in [0, 0.05) is 43.9 Å². The molecule has 1 aliphatic rings. The summed E-state index contributed by atoms with van der Waals surface area (Å²) in [5.74, 6) is 6.64. The minimum atomic E-state index is -3.70. The molecule has 1 fully saturated rings. The number of rotatable bonds is 9. The molecule has 9 heteroatoms. The molecule has 0 radical (unpaired) electrons. The summed E-state index contributed by atoms with van der Waals surface area (Å²) in [6.07, 6.45) is -0.909. The minimum absolute atomic E-state index is 0.317. The molecular formula is C27H35N3O5S. The summed E-state index contributed by atoms with van der Waals surface area (Å²) in [6, 6.07) is 16.4. The summed E-state index contributed by atoms with van der Waals surface area (Å²) in [6.45, 7) is 7.99. The molecular weight excluding hydrogens is 478 g/mol. The van der Waals surface area contributed by atoms with Crippen LogP contribution in [0, 0.1) is 17.3 Å². The number of carbonyl (C=O) groups is 1. The summed E-state index contributed by atoms with van der Waals surface area (Å²) < 4.78 is 33.5. The maximum absolute atomic E-state index is 13.3. The number of anilines is 1. The van der Waals surface area contributed by atoms with Gasteiger partial charge in [0.25, 0.3) is 0 Å². The Morgan fingerprint density at radius 3 is 2.31 bits per heavy atom. The lowest BCUT2D eigenvalue weighted by Crippen LogP contribution is -2.54. The normalized spacial score (nSPS) is 15.5. The van der Waals surface area contributed by atoms with Crippen LogP contribution in [0.3, 0.4) is 0 Å². The number of amides is 1. The molecule has 0 aromatic heterocycles. The Balaban J connectivity index is 1.64. The molecule has 0 saturated carbocycles. The minimum Gasteiger partial charge on any atom is -0.494 e. The Bertz CT molecular complexity index is 1160. The molecule has 1 unspecified atom stereocenters. The average molecular weight is 514 g/mol. The van der Waals surface area contributed by atoms with Gasteiger partial charge in [-0.2, -0.15) is 4.31 Å². The zero-order valence-corrected chi connectivity index (χ0v) is 21.9. The van der Waals surface area contributed by atoms with Gasteiger partial charge < -0.3 is 20.1 Å². The molecule has 8 nitrogen and oxygen atoms in total. The Labute approximate surface area is 214 Å². The van der Waals surface area contributed by atoms with E-state index in [2.05, 4.69) is 22.1 Å². The molecule has 36 heavy (non-hydrogen) atoms. The first-order valence-electron chi connectivity index (χ1n) is 12.1. The van der Waals surface area contributed by atoms with E-state index in [-0.39, 0.29) is 5.75 Å². The van der Waals surface area contributed by atoms with Crippen LogP contribution in [0.5, 0.6) is 5.75 Å². The first-order chi connectivity index (χ1) is 17.1. The predicted molar refractivity (Wildman–Crippen MR) is 142 cm³/mol. The van der Waals surface area contributed by atoms with E-state index in [9.17, 15) is 18.3 Å². The largest absolute Gasteiger partial charge is 0.494 e. The smallest absolute Gasteiger partial charge is 0.404 e. The van der Waals surface area contributed by atoms with E-state index in [1.165, 1.54) is 4.31 Å². The van der Waals surface area contributed by atoms with Crippen molar-refractivity contribution in [2.24, 2.45) is 5.41 Å². The molecule has 1 saturated heterocycles. The van der Waals surface area contributed by atoms with Gasteiger partial charge in [0.2, 0.25) is 10.0 Å². The number of carboxylic acid groups (broad SMARTS) is 1. The number of piperazine rings is 1. The lowest BCUT2D eigenvalue weighted by molar-refractivity contribution is 0.175. The number of nitrogens with zero attached hydrogens (tertiary/aromatic N) is 2. The maximum atomic E-state index is 13.3. The van der Waals surface area contributed by atoms with Crippen molar-refractivity contribution in [2.75, 3.05) is 43.4 Å². The fourth-order valence-electron chi connectivity index (χ4n) is 4.09. The van der Waals surface area contributed by atoms with Crippen molar-refractivity contribution >= 4 is 21.8 Å². The Hall–Kier alpha value is -3.22. The maximum Gasteiger partial charge on any atom is 0.404 e. The highest BCUT2D eigenvalue weighted by molar-refractivity contribution is 7.89. The molecule has 3 rings (SSSR count). The molecule has 1 heterocycles. The SMILES string of the molecule is CCOc1ccc(N2CCN(S(=O)(=O)CC(NC(=O)O)C(C)(C)CC#Cc3ccccc3)CC2)cc1. The van der Waals surface area contributed by atoms with Crippen LogP contribution in [0.4, 0.5) is 10.5 Å². The van der Waals surface area contributed by atoms with E-state index < -0.39 is 27.6 Å². The van der Waals surface area contributed by atoms with E-state index in [1.807, 2.05) is 75.4 Å². The van der Waals surface area contributed by atoms with Crippen LogP contribution in [0.25, 0.3) is 0 Å². The van der Waals surface area contributed by atoms with Crippen LogP contribution < -0.4 is 15.0 Å². The van der Waals surface area contributed by atoms with Gasteiger partial charge in [-0.15, -0.1) is 0 Å². The van der Waals surface area contributed by atoms with Crippen LogP contribution in [0.1, 0.15) is 32.8 Å². The van der Waals surface area contributed by atoms with Crippen molar-refractivity contribution in [3.8, 4) is 17.6 Å². The van der Waals surface area contributed by atoms with Crippen LogP contribution in [0.2, 0.25) is 0 Å². The third-order valence-electron chi connectivity index (χ3n) is 6.31. The average Bonchev–Trinajstić information content (AvgIpc) is 2.84. The van der Waals surface area contributed by atoms with Gasteiger partial charge in [-0.05, 0) is 48.7 Å². The highest BCUT2D eigenvalue weighted by Crippen LogP contribution is 2.28. The molecule has 0 spiro atoms. The van der Waals surface area contributed by atoms with E-state index in [0.29, 0.717) is 39.2 Å². The van der Waals surface area contributed by atoms with Gasteiger partial charge in [0.05, 0.1) is 18.4 Å². The van der Waals surface area contributed by atoms with Gasteiger partial charge in [-0.3, -0.25) is 0 Å². The number of benzene rings is 2. The number of nitrogens with one attached hydrogen (secondary N) is 1.